The van der Waals surface area contributed by atoms with Gasteiger partial charge in [0.05, 0.1) is 11.6 Å². The van der Waals surface area contributed by atoms with E-state index >= 15 is 0 Å². The molecule has 27 heavy (non-hydrogen) atoms. The largest absolute Gasteiger partial charge is 0.486 e. The molecule has 1 aromatic carbocycles. The third-order valence-corrected chi connectivity index (χ3v) is 6.10. The molecule has 6 heteroatoms. The van der Waals surface area contributed by atoms with Gasteiger partial charge in [0.2, 0.25) is 0 Å². The summed E-state index contributed by atoms with van der Waals surface area (Å²) in [5.41, 5.74) is 0.858. The number of rotatable bonds is 6. The molecule has 4 nitrogen and oxygen atoms in total. The lowest BCUT2D eigenvalue weighted by atomic mass is 10.3. The monoisotopic (exact) mass is 392 g/mol. The Bertz CT molecular complexity index is 1050. The number of hydrogen-bond donors (Lipinski definition) is 1. The van der Waals surface area contributed by atoms with E-state index < -0.39 is 5.97 Å². The predicted octanol–water partition coefficient (Wildman–Crippen LogP) is 6.19. The highest BCUT2D eigenvalue weighted by Crippen LogP contribution is 2.40. The Kier molecular flexibility index (Phi) is 5.87. The summed E-state index contributed by atoms with van der Waals surface area (Å²) in [4.78, 5) is 17.0. The zero-order valence-electron chi connectivity index (χ0n) is 14.5. The van der Waals surface area contributed by atoms with Gasteiger partial charge in [-0.25, -0.2) is 4.85 Å². The number of carboxylic acid groups (broad SMARTS) is 1. The molecule has 0 saturated carbocycles. The van der Waals surface area contributed by atoms with Gasteiger partial charge in [0.1, 0.15) is 0 Å². The molecular weight excluding hydrogens is 376 g/mol. The van der Waals surface area contributed by atoms with Crippen LogP contribution in [-0.4, -0.2) is 18.1 Å². The van der Waals surface area contributed by atoms with Gasteiger partial charge in [0, 0.05) is 27.0 Å². The van der Waals surface area contributed by atoms with Crippen LogP contribution in [0.1, 0.15) is 4.88 Å². The van der Waals surface area contributed by atoms with Gasteiger partial charge in [0.15, 0.2) is 0 Å². The second-order valence-electron chi connectivity index (χ2n) is 5.57. The Labute approximate surface area is 165 Å². The Morgan fingerprint density at radius 1 is 1.11 bits per heavy atom. The normalized spacial score (nSPS) is 12.1. The van der Waals surface area contributed by atoms with E-state index in [0.717, 1.165) is 10.6 Å². The first-order valence-corrected chi connectivity index (χ1v) is 9.69. The van der Waals surface area contributed by atoms with Gasteiger partial charge < -0.3 is 10.0 Å². The second kappa shape index (κ2) is 8.49. The molecule has 3 rings (SSSR count). The third-order valence-electron chi connectivity index (χ3n) is 3.76. The first-order valence-electron chi connectivity index (χ1n) is 8.06. The third kappa shape index (κ3) is 4.53. The summed E-state index contributed by atoms with van der Waals surface area (Å²) < 4.78 is 2.48. The number of anilines is 2. The number of para-hydroxylation sites is 1. The van der Waals surface area contributed by atoms with Crippen molar-refractivity contribution in [3.05, 3.63) is 88.8 Å². The van der Waals surface area contributed by atoms with Gasteiger partial charge in [-0.3, -0.25) is 4.79 Å². The summed E-state index contributed by atoms with van der Waals surface area (Å²) in [5, 5.41) is 9.96. The van der Waals surface area contributed by atoms with E-state index in [1.807, 2.05) is 30.4 Å². The molecule has 0 atom stereocenters. The fraction of sp³-hybridized carbons (Fsp3) is 0.0476. The van der Waals surface area contributed by atoms with Crippen molar-refractivity contribution in [2.45, 2.75) is 0 Å². The predicted molar refractivity (Wildman–Crippen MR) is 115 cm³/mol. The van der Waals surface area contributed by atoms with Crippen LogP contribution in [0.5, 0.6) is 0 Å². The van der Waals surface area contributed by atoms with Crippen LogP contribution in [0, 0.1) is 6.57 Å². The highest BCUT2D eigenvalue weighted by atomic mass is 32.1. The fourth-order valence-electron chi connectivity index (χ4n) is 2.39. The molecule has 0 saturated heterocycles. The number of allylic oxidation sites excluding steroid dienone is 4. The van der Waals surface area contributed by atoms with Crippen molar-refractivity contribution in [1.82, 2.24) is 0 Å². The summed E-state index contributed by atoms with van der Waals surface area (Å²) >= 11 is 3.46. The number of carboxylic acids is 1. The molecule has 0 aliphatic rings. The quantitative estimate of drug-likeness (QED) is 0.309. The number of fused-ring (bicyclic) bond motifs is 1. The van der Waals surface area contributed by atoms with E-state index in [1.165, 1.54) is 20.5 Å². The highest BCUT2D eigenvalue weighted by Gasteiger charge is 2.10. The summed E-state index contributed by atoms with van der Waals surface area (Å²) in [7, 11) is 2.07. The Hall–Kier alpha value is -3.14. The van der Waals surface area contributed by atoms with E-state index in [1.54, 1.807) is 34.8 Å². The lowest BCUT2D eigenvalue weighted by Gasteiger charge is -2.16. The van der Waals surface area contributed by atoms with Crippen LogP contribution in [0.3, 0.4) is 0 Å². The first-order chi connectivity index (χ1) is 13.1. The van der Waals surface area contributed by atoms with Crippen molar-refractivity contribution < 1.29 is 9.90 Å². The molecule has 0 aliphatic heterocycles. The lowest BCUT2D eigenvalue weighted by molar-refractivity contribution is -0.132. The number of hydrogen-bond acceptors (Lipinski definition) is 4. The minimum Gasteiger partial charge on any atom is -0.486 e. The van der Waals surface area contributed by atoms with Crippen LogP contribution >= 0.6 is 22.7 Å². The molecule has 0 bridgehead atoms. The maximum Gasteiger partial charge on any atom is 0.333 e. The Morgan fingerprint density at radius 3 is 2.52 bits per heavy atom. The van der Waals surface area contributed by atoms with E-state index in [2.05, 4.69) is 41.1 Å². The van der Waals surface area contributed by atoms with Crippen LogP contribution in [0.25, 0.3) is 20.3 Å². The first kappa shape index (κ1) is 18.6. The average molecular weight is 393 g/mol. The van der Waals surface area contributed by atoms with Gasteiger partial charge >= 0.3 is 5.97 Å². The van der Waals surface area contributed by atoms with Gasteiger partial charge in [-0.15, -0.1) is 22.7 Å². The minimum absolute atomic E-state index is 0.300. The molecule has 2 heterocycles. The number of thiophene rings is 2. The SMILES string of the molecule is [C-]#[N+]\C(=C/C=C/C=C/c1cc2sc(N(C)c3ccccc3)cc2s1)C(=O)O. The van der Waals surface area contributed by atoms with Crippen molar-refractivity contribution in [1.29, 1.82) is 0 Å². The maximum atomic E-state index is 10.7. The summed E-state index contributed by atoms with van der Waals surface area (Å²) in [6, 6.07) is 14.6. The lowest BCUT2D eigenvalue weighted by Crippen LogP contribution is -2.06. The van der Waals surface area contributed by atoms with Crippen molar-refractivity contribution in [3.8, 4) is 0 Å². The van der Waals surface area contributed by atoms with Crippen LogP contribution < -0.4 is 4.90 Å². The van der Waals surface area contributed by atoms with Gasteiger partial charge in [-0.2, -0.15) is 0 Å². The molecule has 0 unspecified atom stereocenters. The van der Waals surface area contributed by atoms with Crippen molar-refractivity contribution in [2.75, 3.05) is 11.9 Å². The molecule has 3 aromatic rings. The van der Waals surface area contributed by atoms with Gasteiger partial charge in [0.25, 0.3) is 5.70 Å². The summed E-state index contributed by atoms with van der Waals surface area (Å²) in [5.74, 6) is -1.21. The van der Waals surface area contributed by atoms with Crippen LogP contribution in [0.4, 0.5) is 10.7 Å². The van der Waals surface area contributed by atoms with Crippen LogP contribution in [0.2, 0.25) is 0 Å². The Balaban J connectivity index is 1.71. The van der Waals surface area contributed by atoms with Crippen molar-refractivity contribution in [2.24, 2.45) is 0 Å². The molecule has 134 valence electrons. The van der Waals surface area contributed by atoms with Gasteiger partial charge in [-0.1, -0.05) is 36.4 Å². The molecule has 0 radical (unpaired) electrons. The molecule has 0 aliphatic carbocycles. The standard InChI is InChI=1S/C21H16N2O2S2/c1-22-17(21(24)25)12-8-4-7-11-16-13-18-19(26-16)14-20(27-18)23(2)15-9-5-3-6-10-15/h3-14H,2H3,(H,24,25)/b8-4+,11-7+,17-12-. The highest BCUT2D eigenvalue weighted by molar-refractivity contribution is 7.30. The average Bonchev–Trinajstić information content (AvgIpc) is 3.23. The topological polar surface area (TPSA) is 44.9 Å². The zero-order chi connectivity index (χ0) is 19.2. The second-order valence-corrected chi connectivity index (χ2v) is 7.75. The summed E-state index contributed by atoms with van der Waals surface area (Å²) in [6.07, 6.45) is 8.38. The van der Waals surface area contributed by atoms with Crippen molar-refractivity contribution in [3.63, 3.8) is 0 Å². The van der Waals surface area contributed by atoms with Gasteiger partial charge in [-0.05, 0) is 36.4 Å². The zero-order valence-corrected chi connectivity index (χ0v) is 16.1. The molecular formula is C21H16N2O2S2. The van der Waals surface area contributed by atoms with E-state index in [-0.39, 0.29) is 5.70 Å². The number of carbonyl (C=O) groups is 1. The Morgan fingerprint density at radius 2 is 1.85 bits per heavy atom. The smallest absolute Gasteiger partial charge is 0.333 e. The molecule has 0 fully saturated rings. The van der Waals surface area contributed by atoms with E-state index in [9.17, 15) is 4.79 Å². The molecule has 1 N–H and O–H groups in total. The van der Waals surface area contributed by atoms with E-state index in [4.69, 9.17) is 11.7 Å². The maximum absolute atomic E-state index is 10.7. The number of aliphatic carboxylic acids is 1. The number of benzene rings is 1. The molecule has 0 spiro atoms. The molecule has 2 aromatic heterocycles. The minimum atomic E-state index is -1.21. The van der Waals surface area contributed by atoms with Crippen molar-refractivity contribution >= 4 is 54.8 Å². The summed E-state index contributed by atoms with van der Waals surface area (Å²) in [6.45, 7) is 6.78. The van der Waals surface area contributed by atoms with Crippen LogP contribution in [-0.2, 0) is 4.79 Å². The fourth-order valence-corrected chi connectivity index (χ4v) is 4.68. The molecule has 0 amide bonds. The van der Waals surface area contributed by atoms with E-state index in [0.29, 0.717) is 0 Å². The van der Waals surface area contributed by atoms with Crippen LogP contribution in [0.15, 0.2) is 72.5 Å². The number of nitrogens with zero attached hydrogens (tertiary/aromatic N) is 2.